The minimum atomic E-state index is -0.432. The second kappa shape index (κ2) is 5.65. The Morgan fingerprint density at radius 2 is 2.23 bits per heavy atom. The first kappa shape index (κ1) is 15.5. The van der Waals surface area contributed by atoms with Gasteiger partial charge in [-0.3, -0.25) is 4.79 Å². The minimum absolute atomic E-state index is 0.0368. The molecule has 0 unspecified atom stereocenters. The third-order valence-corrected chi connectivity index (χ3v) is 5.58. The minimum Gasteiger partial charge on any atom is -0.364 e. The standard InChI is InChI=1S/C18H27N3O/c1-11(12-5-4-6-12)20-10-13-9-15(17(19)22)21-16-14(13)7-8-18(16,2)3/h9,11-12,20H,4-8,10H2,1-3H3,(H2,19,22)/t11-/m0/s1. The molecule has 1 amide bonds. The Labute approximate surface area is 132 Å². The lowest BCUT2D eigenvalue weighted by Crippen LogP contribution is -2.36. The van der Waals surface area contributed by atoms with Gasteiger partial charge in [-0.15, -0.1) is 0 Å². The first-order chi connectivity index (χ1) is 10.4. The second-order valence-corrected chi connectivity index (χ2v) is 7.60. The molecule has 0 spiro atoms. The van der Waals surface area contributed by atoms with Gasteiger partial charge >= 0.3 is 0 Å². The van der Waals surface area contributed by atoms with E-state index in [0.717, 1.165) is 31.0 Å². The van der Waals surface area contributed by atoms with Crippen LogP contribution in [0.4, 0.5) is 0 Å². The zero-order valence-corrected chi connectivity index (χ0v) is 13.9. The monoisotopic (exact) mass is 301 g/mol. The fourth-order valence-corrected chi connectivity index (χ4v) is 3.68. The number of primary amides is 1. The van der Waals surface area contributed by atoms with Crippen LogP contribution in [0.25, 0.3) is 0 Å². The lowest BCUT2D eigenvalue weighted by Gasteiger charge is -2.32. The molecule has 3 N–H and O–H groups in total. The van der Waals surface area contributed by atoms with Crippen LogP contribution >= 0.6 is 0 Å². The molecule has 1 fully saturated rings. The summed E-state index contributed by atoms with van der Waals surface area (Å²) in [7, 11) is 0. The van der Waals surface area contributed by atoms with Gasteiger partial charge in [0.1, 0.15) is 5.69 Å². The lowest BCUT2D eigenvalue weighted by atomic mass is 9.80. The Balaban J connectivity index is 1.85. The fourth-order valence-electron chi connectivity index (χ4n) is 3.68. The third kappa shape index (κ3) is 2.76. The number of amides is 1. The van der Waals surface area contributed by atoms with E-state index in [1.807, 2.05) is 6.07 Å². The summed E-state index contributed by atoms with van der Waals surface area (Å²) >= 11 is 0. The van der Waals surface area contributed by atoms with Crippen molar-refractivity contribution in [2.45, 2.75) is 70.9 Å². The summed E-state index contributed by atoms with van der Waals surface area (Å²) in [5, 5.41) is 3.64. The van der Waals surface area contributed by atoms with E-state index in [-0.39, 0.29) is 5.41 Å². The van der Waals surface area contributed by atoms with Gasteiger partial charge in [0, 0.05) is 18.0 Å². The van der Waals surface area contributed by atoms with Gasteiger partial charge in [-0.05, 0) is 55.7 Å². The first-order valence-corrected chi connectivity index (χ1v) is 8.45. The van der Waals surface area contributed by atoms with Crippen LogP contribution in [-0.4, -0.2) is 16.9 Å². The molecule has 0 radical (unpaired) electrons. The molecule has 0 saturated heterocycles. The van der Waals surface area contributed by atoms with Crippen LogP contribution in [-0.2, 0) is 18.4 Å². The average molecular weight is 301 g/mol. The highest BCUT2D eigenvalue weighted by Gasteiger charge is 2.34. The highest BCUT2D eigenvalue weighted by Crippen LogP contribution is 2.39. The Kier molecular flexibility index (Phi) is 3.98. The van der Waals surface area contributed by atoms with Crippen LogP contribution in [0.1, 0.15) is 73.8 Å². The molecule has 4 heteroatoms. The van der Waals surface area contributed by atoms with Crippen LogP contribution in [0.3, 0.4) is 0 Å². The predicted octanol–water partition coefficient (Wildman–Crippen LogP) is 2.68. The zero-order chi connectivity index (χ0) is 15.9. The van der Waals surface area contributed by atoms with Crippen LogP contribution in [0.15, 0.2) is 6.07 Å². The van der Waals surface area contributed by atoms with Gasteiger partial charge in [0.15, 0.2) is 0 Å². The summed E-state index contributed by atoms with van der Waals surface area (Å²) in [6.45, 7) is 7.47. The number of fused-ring (bicyclic) bond motifs is 1. The van der Waals surface area contributed by atoms with Crippen LogP contribution in [0.5, 0.6) is 0 Å². The van der Waals surface area contributed by atoms with Crippen molar-refractivity contribution >= 4 is 5.91 Å². The number of nitrogens with one attached hydrogen (secondary N) is 1. The lowest BCUT2D eigenvalue weighted by molar-refractivity contribution is 0.0995. The molecule has 2 aliphatic carbocycles. The van der Waals surface area contributed by atoms with Crippen LogP contribution < -0.4 is 11.1 Å². The van der Waals surface area contributed by atoms with E-state index in [1.165, 1.54) is 30.4 Å². The molecule has 2 aliphatic rings. The summed E-state index contributed by atoms with van der Waals surface area (Å²) < 4.78 is 0. The van der Waals surface area contributed by atoms with Gasteiger partial charge in [-0.25, -0.2) is 4.98 Å². The molecule has 1 heterocycles. The normalized spacial score (nSPS) is 21.2. The molecule has 1 saturated carbocycles. The topological polar surface area (TPSA) is 68.0 Å². The van der Waals surface area contributed by atoms with Crippen molar-refractivity contribution in [3.63, 3.8) is 0 Å². The molecule has 1 aromatic heterocycles. The maximum atomic E-state index is 11.6. The Morgan fingerprint density at radius 3 is 2.82 bits per heavy atom. The van der Waals surface area contributed by atoms with Crippen molar-refractivity contribution in [2.24, 2.45) is 11.7 Å². The molecule has 0 aromatic carbocycles. The highest BCUT2D eigenvalue weighted by molar-refractivity contribution is 5.91. The number of nitrogens with zero attached hydrogens (tertiary/aromatic N) is 1. The van der Waals surface area contributed by atoms with Gasteiger partial charge in [-0.2, -0.15) is 0 Å². The van der Waals surface area contributed by atoms with Gasteiger partial charge in [0.05, 0.1) is 5.69 Å². The Morgan fingerprint density at radius 1 is 1.50 bits per heavy atom. The van der Waals surface area contributed by atoms with Crippen LogP contribution in [0.2, 0.25) is 0 Å². The molecule has 120 valence electrons. The van der Waals surface area contributed by atoms with E-state index in [2.05, 4.69) is 31.1 Å². The summed E-state index contributed by atoms with van der Waals surface area (Å²) in [6, 6.07) is 2.42. The molecular weight excluding hydrogens is 274 g/mol. The quantitative estimate of drug-likeness (QED) is 0.878. The van der Waals surface area contributed by atoms with E-state index < -0.39 is 5.91 Å². The van der Waals surface area contributed by atoms with E-state index in [0.29, 0.717) is 11.7 Å². The van der Waals surface area contributed by atoms with E-state index in [9.17, 15) is 4.79 Å². The third-order valence-electron chi connectivity index (χ3n) is 5.58. The summed E-state index contributed by atoms with van der Waals surface area (Å²) in [5.41, 5.74) is 9.51. The molecule has 0 bridgehead atoms. The average Bonchev–Trinajstić information content (AvgIpc) is 2.70. The van der Waals surface area contributed by atoms with E-state index in [1.54, 1.807) is 0 Å². The van der Waals surface area contributed by atoms with Crippen molar-refractivity contribution in [3.8, 4) is 0 Å². The molecule has 1 atom stereocenters. The second-order valence-electron chi connectivity index (χ2n) is 7.60. The summed E-state index contributed by atoms with van der Waals surface area (Å²) in [6.07, 6.45) is 6.16. The number of hydrogen-bond acceptors (Lipinski definition) is 3. The number of carbonyl (C=O) groups excluding carboxylic acids is 1. The number of carbonyl (C=O) groups is 1. The van der Waals surface area contributed by atoms with Gasteiger partial charge in [-0.1, -0.05) is 20.3 Å². The maximum absolute atomic E-state index is 11.6. The van der Waals surface area contributed by atoms with Crippen molar-refractivity contribution in [1.82, 2.24) is 10.3 Å². The maximum Gasteiger partial charge on any atom is 0.267 e. The van der Waals surface area contributed by atoms with Crippen LogP contribution in [0, 0.1) is 5.92 Å². The summed E-state index contributed by atoms with van der Waals surface area (Å²) in [5.74, 6) is 0.376. The highest BCUT2D eigenvalue weighted by atomic mass is 16.1. The largest absolute Gasteiger partial charge is 0.364 e. The molecule has 3 rings (SSSR count). The molecular formula is C18H27N3O. The number of aromatic nitrogens is 1. The van der Waals surface area contributed by atoms with E-state index >= 15 is 0 Å². The van der Waals surface area contributed by atoms with Crippen molar-refractivity contribution in [3.05, 3.63) is 28.6 Å². The number of nitrogens with two attached hydrogens (primary N) is 1. The zero-order valence-electron chi connectivity index (χ0n) is 13.9. The SMILES string of the molecule is C[C@H](NCc1cc(C(N)=O)nc2c1CCC2(C)C)C1CCC1. The number of pyridine rings is 1. The fraction of sp³-hybridized carbons (Fsp3) is 0.667. The van der Waals surface area contributed by atoms with Gasteiger partial charge in [0.25, 0.3) is 5.91 Å². The smallest absolute Gasteiger partial charge is 0.267 e. The predicted molar refractivity (Wildman–Crippen MR) is 87.7 cm³/mol. The molecule has 4 nitrogen and oxygen atoms in total. The molecule has 0 aliphatic heterocycles. The van der Waals surface area contributed by atoms with Crippen molar-refractivity contribution in [1.29, 1.82) is 0 Å². The first-order valence-electron chi connectivity index (χ1n) is 8.45. The van der Waals surface area contributed by atoms with Crippen molar-refractivity contribution < 1.29 is 4.79 Å². The van der Waals surface area contributed by atoms with E-state index in [4.69, 9.17) is 5.73 Å². The molecule has 1 aromatic rings. The molecule has 22 heavy (non-hydrogen) atoms. The Bertz CT molecular complexity index is 590. The summed E-state index contributed by atoms with van der Waals surface area (Å²) in [4.78, 5) is 16.2. The van der Waals surface area contributed by atoms with Crippen molar-refractivity contribution in [2.75, 3.05) is 0 Å². The Hall–Kier alpha value is -1.42. The number of rotatable bonds is 5. The van der Waals surface area contributed by atoms with Gasteiger partial charge < -0.3 is 11.1 Å². The van der Waals surface area contributed by atoms with Gasteiger partial charge in [0.2, 0.25) is 0 Å². The number of hydrogen-bond donors (Lipinski definition) is 2.